The van der Waals surface area contributed by atoms with Crippen molar-refractivity contribution in [3.05, 3.63) is 29.5 Å². The molecule has 110 valence electrons. The lowest BCUT2D eigenvalue weighted by atomic mass is 10.1. The maximum absolute atomic E-state index is 5.39. The topological polar surface area (TPSA) is 41.3 Å². The van der Waals surface area contributed by atoms with Gasteiger partial charge in [0.15, 0.2) is 10.8 Å². The maximum Gasteiger partial charge on any atom is 0.162 e. The van der Waals surface area contributed by atoms with Crippen molar-refractivity contribution in [1.82, 2.24) is 15.2 Å². The van der Waals surface area contributed by atoms with Crippen LogP contribution in [0.1, 0.15) is 19.5 Å². The highest BCUT2D eigenvalue weighted by Gasteiger charge is 2.23. The Morgan fingerprint density at radius 2 is 2.35 bits per heavy atom. The number of rotatable bonds is 3. The summed E-state index contributed by atoms with van der Waals surface area (Å²) in [6.45, 7) is 7.54. The second kappa shape index (κ2) is 6.72. The second-order valence-electron chi connectivity index (χ2n) is 5.21. The number of thiazole rings is 1. The van der Waals surface area contributed by atoms with Crippen LogP contribution >= 0.6 is 23.7 Å². The molecular weight excluding hydrogens is 294 g/mol. The zero-order valence-electron chi connectivity index (χ0n) is 11.7. The summed E-state index contributed by atoms with van der Waals surface area (Å²) in [6.07, 6.45) is 1.69. The van der Waals surface area contributed by atoms with Gasteiger partial charge in [-0.1, -0.05) is 0 Å². The van der Waals surface area contributed by atoms with Crippen LogP contribution in [0.4, 0.5) is 0 Å². The van der Waals surface area contributed by atoms with Crippen LogP contribution in [-0.2, 0) is 6.54 Å². The molecule has 1 fully saturated rings. The normalized spacial score (nSPS) is 23.5. The standard InChI is InChI=1S/C14H19N3OS.ClH/c1-10-7-17(11(2)6-15-10)8-12-9-19-14(16-12)13-4-3-5-18-13;/h3-5,9-11,15H,6-8H2,1-2H3;1H. The molecule has 0 aliphatic carbocycles. The molecule has 2 aromatic heterocycles. The minimum absolute atomic E-state index is 0. The van der Waals surface area contributed by atoms with E-state index in [1.54, 1.807) is 17.6 Å². The molecule has 0 aromatic carbocycles. The molecule has 0 saturated carbocycles. The monoisotopic (exact) mass is 313 g/mol. The van der Waals surface area contributed by atoms with Gasteiger partial charge in [0.25, 0.3) is 0 Å². The van der Waals surface area contributed by atoms with E-state index >= 15 is 0 Å². The Bertz CT molecular complexity index is 528. The van der Waals surface area contributed by atoms with Gasteiger partial charge in [-0.3, -0.25) is 4.90 Å². The lowest BCUT2D eigenvalue weighted by molar-refractivity contribution is 0.137. The number of aromatic nitrogens is 1. The van der Waals surface area contributed by atoms with E-state index in [2.05, 4.69) is 34.4 Å². The van der Waals surface area contributed by atoms with Crippen LogP contribution < -0.4 is 5.32 Å². The Balaban J connectivity index is 0.00000147. The quantitative estimate of drug-likeness (QED) is 0.946. The Hall–Kier alpha value is -0.880. The van der Waals surface area contributed by atoms with Crippen LogP contribution in [0, 0.1) is 0 Å². The first-order valence-corrected chi connectivity index (χ1v) is 7.56. The molecule has 1 N–H and O–H groups in total. The van der Waals surface area contributed by atoms with Gasteiger partial charge in [0.1, 0.15) is 0 Å². The zero-order chi connectivity index (χ0) is 13.2. The molecule has 20 heavy (non-hydrogen) atoms. The number of piperazine rings is 1. The van der Waals surface area contributed by atoms with Crippen molar-refractivity contribution >= 4 is 23.7 Å². The van der Waals surface area contributed by atoms with Crippen molar-refractivity contribution in [2.45, 2.75) is 32.5 Å². The molecule has 2 aromatic rings. The predicted molar refractivity (Wildman–Crippen MR) is 84.4 cm³/mol. The molecule has 0 radical (unpaired) electrons. The summed E-state index contributed by atoms with van der Waals surface area (Å²) < 4.78 is 5.39. The maximum atomic E-state index is 5.39. The van der Waals surface area contributed by atoms with Crippen LogP contribution in [0.3, 0.4) is 0 Å². The summed E-state index contributed by atoms with van der Waals surface area (Å²) in [7, 11) is 0. The molecule has 6 heteroatoms. The van der Waals surface area contributed by atoms with E-state index in [4.69, 9.17) is 4.42 Å². The van der Waals surface area contributed by atoms with Crippen LogP contribution in [0.2, 0.25) is 0 Å². The second-order valence-corrected chi connectivity index (χ2v) is 6.07. The first kappa shape index (κ1) is 15.5. The summed E-state index contributed by atoms with van der Waals surface area (Å²) in [5.74, 6) is 0.859. The van der Waals surface area contributed by atoms with E-state index in [1.165, 1.54) is 0 Å². The van der Waals surface area contributed by atoms with E-state index in [-0.39, 0.29) is 12.4 Å². The lowest BCUT2D eigenvalue weighted by Crippen LogP contribution is -2.53. The van der Waals surface area contributed by atoms with Gasteiger partial charge >= 0.3 is 0 Å². The molecule has 2 atom stereocenters. The molecular formula is C14H20ClN3OS. The van der Waals surface area contributed by atoms with E-state index in [9.17, 15) is 0 Å². The van der Waals surface area contributed by atoms with Gasteiger partial charge in [0, 0.05) is 37.1 Å². The third-order valence-corrected chi connectivity index (χ3v) is 4.45. The van der Waals surface area contributed by atoms with Crippen LogP contribution in [0.5, 0.6) is 0 Å². The van der Waals surface area contributed by atoms with Gasteiger partial charge in [-0.25, -0.2) is 4.98 Å². The Morgan fingerprint density at radius 1 is 1.50 bits per heavy atom. The average Bonchev–Trinajstić information content (AvgIpc) is 3.04. The molecule has 1 aliphatic rings. The Labute approximate surface area is 129 Å². The fourth-order valence-electron chi connectivity index (χ4n) is 2.42. The minimum atomic E-state index is 0. The summed E-state index contributed by atoms with van der Waals surface area (Å²) >= 11 is 1.65. The van der Waals surface area contributed by atoms with Crippen molar-refractivity contribution < 1.29 is 4.42 Å². The SMILES string of the molecule is CC1CN(Cc2csc(-c3ccco3)n2)C(C)CN1.Cl. The fraction of sp³-hybridized carbons (Fsp3) is 0.500. The van der Waals surface area contributed by atoms with Gasteiger partial charge in [-0.2, -0.15) is 0 Å². The zero-order valence-corrected chi connectivity index (χ0v) is 13.3. The first-order valence-electron chi connectivity index (χ1n) is 6.68. The number of nitrogens with one attached hydrogen (secondary N) is 1. The third-order valence-electron chi connectivity index (χ3n) is 3.54. The van der Waals surface area contributed by atoms with Gasteiger partial charge < -0.3 is 9.73 Å². The molecule has 0 amide bonds. The summed E-state index contributed by atoms with van der Waals surface area (Å²) in [4.78, 5) is 7.16. The molecule has 3 heterocycles. The summed E-state index contributed by atoms with van der Waals surface area (Å²) in [6, 6.07) is 4.97. The highest BCUT2D eigenvalue weighted by Crippen LogP contribution is 2.25. The number of furan rings is 1. The predicted octanol–water partition coefficient (Wildman–Crippen LogP) is 3.01. The van der Waals surface area contributed by atoms with E-state index in [0.29, 0.717) is 12.1 Å². The van der Waals surface area contributed by atoms with Crippen molar-refractivity contribution in [2.24, 2.45) is 0 Å². The molecule has 1 saturated heterocycles. The Kier molecular flexibility index (Phi) is 5.21. The molecule has 3 rings (SSSR count). The van der Waals surface area contributed by atoms with E-state index < -0.39 is 0 Å². The number of halogens is 1. The minimum Gasteiger partial charge on any atom is -0.462 e. The van der Waals surface area contributed by atoms with Crippen molar-refractivity contribution in [1.29, 1.82) is 0 Å². The van der Waals surface area contributed by atoms with Gasteiger partial charge in [-0.05, 0) is 26.0 Å². The molecule has 0 bridgehead atoms. The van der Waals surface area contributed by atoms with E-state index in [0.717, 1.165) is 36.1 Å². The number of hydrogen-bond donors (Lipinski definition) is 1. The average molecular weight is 314 g/mol. The molecule has 2 unspecified atom stereocenters. The summed E-state index contributed by atoms with van der Waals surface area (Å²) in [5, 5.41) is 6.61. The van der Waals surface area contributed by atoms with E-state index in [1.807, 2.05) is 12.1 Å². The molecule has 1 aliphatic heterocycles. The lowest BCUT2D eigenvalue weighted by Gasteiger charge is -2.37. The molecule has 4 nitrogen and oxygen atoms in total. The molecule has 0 spiro atoms. The van der Waals surface area contributed by atoms with Crippen molar-refractivity contribution in [2.75, 3.05) is 13.1 Å². The highest BCUT2D eigenvalue weighted by atomic mass is 35.5. The fourth-order valence-corrected chi connectivity index (χ4v) is 3.20. The van der Waals surface area contributed by atoms with Gasteiger partial charge in [0.05, 0.1) is 12.0 Å². The van der Waals surface area contributed by atoms with Crippen LogP contribution in [0.15, 0.2) is 28.2 Å². The van der Waals surface area contributed by atoms with Crippen LogP contribution in [-0.4, -0.2) is 35.1 Å². The van der Waals surface area contributed by atoms with Gasteiger partial charge in [0.2, 0.25) is 0 Å². The smallest absolute Gasteiger partial charge is 0.162 e. The highest BCUT2D eigenvalue weighted by molar-refractivity contribution is 7.13. The third kappa shape index (κ3) is 3.41. The van der Waals surface area contributed by atoms with Crippen molar-refractivity contribution in [3.63, 3.8) is 0 Å². The largest absolute Gasteiger partial charge is 0.462 e. The van der Waals surface area contributed by atoms with Crippen molar-refractivity contribution in [3.8, 4) is 10.8 Å². The first-order chi connectivity index (χ1) is 9.22. The van der Waals surface area contributed by atoms with Gasteiger partial charge in [-0.15, -0.1) is 23.7 Å². The van der Waals surface area contributed by atoms with Crippen LogP contribution in [0.25, 0.3) is 10.8 Å². The summed E-state index contributed by atoms with van der Waals surface area (Å²) in [5.41, 5.74) is 1.14. The number of nitrogens with zero attached hydrogens (tertiary/aromatic N) is 2. The number of hydrogen-bond acceptors (Lipinski definition) is 5. The Morgan fingerprint density at radius 3 is 3.10 bits per heavy atom.